The van der Waals surface area contributed by atoms with Crippen LogP contribution in [0.2, 0.25) is 0 Å². The fourth-order valence-electron chi connectivity index (χ4n) is 3.25. The normalized spacial score (nSPS) is 19.2. The van der Waals surface area contributed by atoms with Gasteiger partial charge in [0.05, 0.1) is 0 Å². The third-order valence-corrected chi connectivity index (χ3v) is 10.1. The van der Waals surface area contributed by atoms with Gasteiger partial charge in [-0.05, 0) is 0 Å². The summed E-state index contributed by atoms with van der Waals surface area (Å²) >= 11 is -5.98. The summed E-state index contributed by atoms with van der Waals surface area (Å²) in [6.07, 6.45) is 25.6. The van der Waals surface area contributed by atoms with E-state index in [1.165, 1.54) is 0 Å². The van der Waals surface area contributed by atoms with Crippen LogP contribution in [0.5, 0.6) is 0 Å². The summed E-state index contributed by atoms with van der Waals surface area (Å²) in [6.45, 7) is 0. The molecule has 33 heavy (non-hydrogen) atoms. The van der Waals surface area contributed by atoms with Crippen molar-refractivity contribution in [1.29, 1.82) is 0 Å². The van der Waals surface area contributed by atoms with E-state index >= 15 is 0 Å². The number of rotatable bonds is 8. The van der Waals surface area contributed by atoms with Gasteiger partial charge in [-0.3, -0.25) is 0 Å². The zero-order valence-electron chi connectivity index (χ0n) is 17.3. The van der Waals surface area contributed by atoms with Crippen molar-refractivity contribution in [3.8, 4) is 0 Å². The Labute approximate surface area is 196 Å². The Morgan fingerprint density at radius 3 is 0.758 bits per heavy atom. The third kappa shape index (κ3) is 5.51. The first-order chi connectivity index (χ1) is 16.0. The monoisotopic (exact) mass is 556 g/mol. The molecular weight excluding hydrogens is 535 g/mol. The molecule has 0 N–H and O–H groups in total. The second-order valence-electron chi connectivity index (χ2n) is 7.37. The summed E-state index contributed by atoms with van der Waals surface area (Å²) in [7, 11) is 0. The standard InChI is InChI=1S/4C6H6O2.Sn/c4*7-6(8)5-3-1-2-4-5;/h4*1-5H,(H,7,8);/q;;;;+4/p-4. The maximum atomic E-state index is 12.8. The summed E-state index contributed by atoms with van der Waals surface area (Å²) < 4.78 is 22.0. The van der Waals surface area contributed by atoms with Gasteiger partial charge < -0.3 is 0 Å². The predicted octanol–water partition coefficient (Wildman–Crippen LogP) is 2.56. The van der Waals surface area contributed by atoms with Gasteiger partial charge in [0.2, 0.25) is 0 Å². The van der Waals surface area contributed by atoms with E-state index in [-0.39, 0.29) is 0 Å². The van der Waals surface area contributed by atoms with Crippen LogP contribution >= 0.6 is 0 Å². The van der Waals surface area contributed by atoms with Crippen LogP contribution < -0.4 is 0 Å². The molecule has 0 saturated carbocycles. The number of carbonyl (C=O) groups excluding carboxylic acids is 4. The van der Waals surface area contributed by atoms with Crippen LogP contribution in [0.1, 0.15) is 0 Å². The Kier molecular flexibility index (Phi) is 6.93. The number of allylic oxidation sites excluding steroid dienone is 8. The van der Waals surface area contributed by atoms with Crippen LogP contribution in [0.3, 0.4) is 0 Å². The van der Waals surface area contributed by atoms with Crippen molar-refractivity contribution in [3.63, 3.8) is 0 Å². The fourth-order valence-corrected chi connectivity index (χ4v) is 8.33. The molecule has 0 aromatic carbocycles. The Hall–Kier alpha value is -3.40. The average molecular weight is 555 g/mol. The summed E-state index contributed by atoms with van der Waals surface area (Å²) in [6, 6.07) is 0. The topological polar surface area (TPSA) is 105 Å². The van der Waals surface area contributed by atoms with Gasteiger partial charge >= 0.3 is 196 Å². The van der Waals surface area contributed by atoms with Gasteiger partial charge in [0.1, 0.15) is 0 Å². The molecule has 9 heteroatoms. The first kappa shape index (κ1) is 22.8. The Bertz CT molecular complexity index is 866. The Balaban J connectivity index is 1.64. The van der Waals surface area contributed by atoms with Crippen LogP contribution in [0.25, 0.3) is 0 Å². The van der Waals surface area contributed by atoms with Crippen LogP contribution in [0.15, 0.2) is 97.2 Å². The van der Waals surface area contributed by atoms with Crippen LogP contribution in [0, 0.1) is 23.7 Å². The molecule has 0 bridgehead atoms. The van der Waals surface area contributed by atoms with E-state index in [4.69, 9.17) is 12.3 Å². The SMILES string of the molecule is O=C([O][Sn]([O]C(=O)C1C=CC=C1)([O]C(=O)C1C=CC=C1)[O]C(=O)C1C=CC=C1)C1C=CC=C1. The Morgan fingerprint density at radius 2 is 0.576 bits per heavy atom. The summed E-state index contributed by atoms with van der Waals surface area (Å²) in [5, 5.41) is 0. The molecule has 8 nitrogen and oxygen atoms in total. The summed E-state index contributed by atoms with van der Waals surface area (Å²) in [5.74, 6) is -6.56. The molecule has 0 spiro atoms. The van der Waals surface area contributed by atoms with Crippen molar-refractivity contribution in [2.75, 3.05) is 0 Å². The first-order valence-corrected chi connectivity index (χ1v) is 14.9. The number of carbonyl (C=O) groups is 4. The molecule has 4 rings (SSSR count). The van der Waals surface area contributed by atoms with E-state index < -0.39 is 67.6 Å². The second kappa shape index (κ2) is 10.0. The van der Waals surface area contributed by atoms with Crippen molar-refractivity contribution >= 4 is 43.9 Å². The molecule has 0 saturated heterocycles. The molecule has 0 fully saturated rings. The molecule has 0 unspecified atom stereocenters. The van der Waals surface area contributed by atoms with Crippen LogP contribution in [0.4, 0.5) is 0 Å². The quantitative estimate of drug-likeness (QED) is 0.422. The molecule has 0 heterocycles. The van der Waals surface area contributed by atoms with Crippen molar-refractivity contribution in [3.05, 3.63) is 97.2 Å². The summed E-state index contributed by atoms with van der Waals surface area (Å²) in [5.41, 5.74) is 0. The molecule has 4 aliphatic carbocycles. The molecule has 0 atom stereocenters. The zero-order chi connectivity index (χ0) is 23.3. The van der Waals surface area contributed by atoms with E-state index in [1.54, 1.807) is 97.2 Å². The Morgan fingerprint density at radius 1 is 0.394 bits per heavy atom. The van der Waals surface area contributed by atoms with Crippen molar-refractivity contribution < 1.29 is 31.5 Å². The van der Waals surface area contributed by atoms with Crippen molar-refractivity contribution in [2.45, 2.75) is 0 Å². The molecule has 0 aromatic rings. The predicted molar refractivity (Wildman–Crippen MR) is 117 cm³/mol. The van der Waals surface area contributed by atoms with E-state index in [2.05, 4.69) is 0 Å². The molecular formula is C24H20O8Sn. The molecule has 0 radical (unpaired) electrons. The van der Waals surface area contributed by atoms with Gasteiger partial charge in [-0.25, -0.2) is 0 Å². The van der Waals surface area contributed by atoms with Gasteiger partial charge in [0, 0.05) is 0 Å². The molecule has 0 amide bonds. The van der Waals surface area contributed by atoms with Gasteiger partial charge in [-0.15, -0.1) is 0 Å². The van der Waals surface area contributed by atoms with E-state index in [9.17, 15) is 19.2 Å². The second-order valence-corrected chi connectivity index (χ2v) is 12.6. The minimum atomic E-state index is -5.98. The third-order valence-electron chi connectivity index (χ3n) is 4.98. The number of hydrogen-bond donors (Lipinski definition) is 0. The van der Waals surface area contributed by atoms with Crippen molar-refractivity contribution in [2.24, 2.45) is 23.7 Å². The molecule has 4 aliphatic rings. The maximum absolute atomic E-state index is 12.8. The van der Waals surface area contributed by atoms with E-state index in [1.807, 2.05) is 0 Å². The van der Waals surface area contributed by atoms with Gasteiger partial charge in [-0.2, -0.15) is 0 Å². The van der Waals surface area contributed by atoms with Crippen molar-refractivity contribution in [1.82, 2.24) is 0 Å². The molecule has 168 valence electrons. The van der Waals surface area contributed by atoms with Crippen LogP contribution in [-0.2, 0) is 31.5 Å². The number of hydrogen-bond acceptors (Lipinski definition) is 8. The molecule has 0 aliphatic heterocycles. The fraction of sp³-hybridized carbons (Fsp3) is 0.167. The minimum absolute atomic E-state index is 0.791. The van der Waals surface area contributed by atoms with E-state index in [0.717, 1.165) is 0 Å². The van der Waals surface area contributed by atoms with Gasteiger partial charge in [-0.1, -0.05) is 0 Å². The first-order valence-electron chi connectivity index (χ1n) is 10.3. The zero-order valence-corrected chi connectivity index (χ0v) is 20.2. The summed E-state index contributed by atoms with van der Waals surface area (Å²) in [4.78, 5) is 51.4. The van der Waals surface area contributed by atoms with Crippen LogP contribution in [-0.4, -0.2) is 43.9 Å². The molecule has 0 aromatic heterocycles. The van der Waals surface area contributed by atoms with E-state index in [0.29, 0.717) is 0 Å². The van der Waals surface area contributed by atoms with Gasteiger partial charge in [0.25, 0.3) is 0 Å². The average Bonchev–Trinajstić information content (AvgIpc) is 3.61. The van der Waals surface area contributed by atoms with Gasteiger partial charge in [0.15, 0.2) is 0 Å².